The van der Waals surface area contributed by atoms with Gasteiger partial charge < -0.3 is 9.05 Å². The molecule has 0 aromatic heterocycles. The standard InChI is InChI=1S/C5H13O3P/c1-4-8-9(6,5-2)7-3/h4-5H2,1-3H3. The van der Waals surface area contributed by atoms with Crippen LogP contribution < -0.4 is 0 Å². The molecule has 56 valence electrons. The Hall–Kier alpha value is 0.150. The van der Waals surface area contributed by atoms with E-state index in [9.17, 15) is 4.57 Å². The summed E-state index contributed by atoms with van der Waals surface area (Å²) in [6.45, 7) is 4.01. The smallest absolute Gasteiger partial charge is 0.312 e. The van der Waals surface area contributed by atoms with E-state index in [1.54, 1.807) is 13.8 Å². The van der Waals surface area contributed by atoms with Crippen molar-refractivity contribution in [2.75, 3.05) is 19.9 Å². The van der Waals surface area contributed by atoms with E-state index in [0.29, 0.717) is 12.8 Å². The van der Waals surface area contributed by atoms with Crippen molar-refractivity contribution < 1.29 is 13.6 Å². The molecule has 0 saturated carbocycles. The highest BCUT2D eigenvalue weighted by Crippen LogP contribution is 2.46. The quantitative estimate of drug-likeness (QED) is 0.577. The molecule has 3 nitrogen and oxygen atoms in total. The minimum absolute atomic E-state index is 0.442. The van der Waals surface area contributed by atoms with Gasteiger partial charge in [0.25, 0.3) is 0 Å². The van der Waals surface area contributed by atoms with Crippen LogP contribution in [0, 0.1) is 0 Å². The molecule has 0 rings (SSSR count). The lowest BCUT2D eigenvalue weighted by molar-refractivity contribution is 0.245. The molecule has 0 heterocycles. The maximum Gasteiger partial charge on any atom is 0.330 e. The zero-order chi connectivity index (χ0) is 7.33. The van der Waals surface area contributed by atoms with Crippen molar-refractivity contribution in [1.29, 1.82) is 0 Å². The second-order valence-electron chi connectivity index (χ2n) is 1.53. The fourth-order valence-corrected chi connectivity index (χ4v) is 1.41. The van der Waals surface area contributed by atoms with Gasteiger partial charge in [-0.05, 0) is 6.92 Å². The summed E-state index contributed by atoms with van der Waals surface area (Å²) >= 11 is 0. The summed E-state index contributed by atoms with van der Waals surface area (Å²) < 4.78 is 20.6. The Bertz CT molecular complexity index is 105. The third kappa shape index (κ3) is 2.99. The van der Waals surface area contributed by atoms with Crippen molar-refractivity contribution in [3.63, 3.8) is 0 Å². The second-order valence-corrected chi connectivity index (χ2v) is 4.01. The van der Waals surface area contributed by atoms with Gasteiger partial charge in [-0.15, -0.1) is 0 Å². The van der Waals surface area contributed by atoms with Crippen molar-refractivity contribution in [2.45, 2.75) is 13.8 Å². The fraction of sp³-hybridized carbons (Fsp3) is 1.00. The molecule has 0 amide bonds. The minimum Gasteiger partial charge on any atom is -0.312 e. The molecule has 0 bridgehead atoms. The average Bonchev–Trinajstić information content (AvgIpc) is 1.89. The van der Waals surface area contributed by atoms with Crippen LogP contribution in [0.3, 0.4) is 0 Å². The Morgan fingerprint density at radius 3 is 2.11 bits per heavy atom. The first-order valence-corrected chi connectivity index (χ1v) is 4.70. The zero-order valence-corrected chi connectivity index (χ0v) is 6.98. The Morgan fingerprint density at radius 2 is 2.00 bits per heavy atom. The molecule has 0 aliphatic carbocycles. The molecule has 1 unspecified atom stereocenters. The van der Waals surface area contributed by atoms with Gasteiger partial charge in [0.05, 0.1) is 6.61 Å². The second kappa shape index (κ2) is 4.04. The van der Waals surface area contributed by atoms with Gasteiger partial charge >= 0.3 is 7.60 Å². The first-order chi connectivity index (χ1) is 4.18. The normalized spacial score (nSPS) is 17.2. The molecule has 0 saturated heterocycles. The lowest BCUT2D eigenvalue weighted by Crippen LogP contribution is -1.93. The molecular weight excluding hydrogens is 139 g/mol. The van der Waals surface area contributed by atoms with Gasteiger partial charge in [-0.25, -0.2) is 0 Å². The fourth-order valence-electron chi connectivity index (χ4n) is 0.470. The van der Waals surface area contributed by atoms with Gasteiger partial charge in [0.15, 0.2) is 0 Å². The van der Waals surface area contributed by atoms with Crippen LogP contribution in [0.25, 0.3) is 0 Å². The maximum absolute atomic E-state index is 11.1. The molecule has 0 aliphatic heterocycles. The molecule has 4 heteroatoms. The van der Waals surface area contributed by atoms with Crippen molar-refractivity contribution in [3.05, 3.63) is 0 Å². The molecule has 0 spiro atoms. The SMILES string of the molecule is CCOP(=O)(CC)OC. The monoisotopic (exact) mass is 152 g/mol. The van der Waals surface area contributed by atoms with Crippen LogP contribution in [-0.2, 0) is 13.6 Å². The summed E-state index contributed by atoms with van der Waals surface area (Å²) in [5.74, 6) is 0. The molecule has 0 aromatic rings. The summed E-state index contributed by atoms with van der Waals surface area (Å²) in [5, 5.41) is 0. The number of hydrogen-bond acceptors (Lipinski definition) is 3. The summed E-state index contributed by atoms with van der Waals surface area (Å²) in [4.78, 5) is 0. The van der Waals surface area contributed by atoms with Crippen LogP contribution in [0.2, 0.25) is 0 Å². The maximum atomic E-state index is 11.1. The molecule has 9 heavy (non-hydrogen) atoms. The summed E-state index contributed by atoms with van der Waals surface area (Å²) in [6, 6.07) is 0. The Balaban J connectivity index is 3.78. The van der Waals surface area contributed by atoms with Gasteiger partial charge in [-0.1, -0.05) is 6.92 Å². The van der Waals surface area contributed by atoms with Gasteiger partial charge in [-0.3, -0.25) is 4.57 Å². The van der Waals surface area contributed by atoms with E-state index in [1.165, 1.54) is 7.11 Å². The highest BCUT2D eigenvalue weighted by atomic mass is 31.2. The largest absolute Gasteiger partial charge is 0.330 e. The number of hydrogen-bond donors (Lipinski definition) is 0. The van der Waals surface area contributed by atoms with Gasteiger partial charge in [0.1, 0.15) is 0 Å². The lowest BCUT2D eigenvalue weighted by atomic mass is 10.9. The molecule has 0 aliphatic rings. The van der Waals surface area contributed by atoms with E-state index in [-0.39, 0.29) is 0 Å². The summed E-state index contributed by atoms with van der Waals surface area (Å²) in [6.07, 6.45) is 0.442. The Kier molecular flexibility index (Phi) is 4.11. The molecule has 0 N–H and O–H groups in total. The summed E-state index contributed by atoms with van der Waals surface area (Å²) in [7, 11) is -1.28. The first-order valence-electron chi connectivity index (χ1n) is 2.98. The first kappa shape index (κ1) is 9.15. The molecule has 0 aromatic carbocycles. The van der Waals surface area contributed by atoms with Gasteiger partial charge in [0, 0.05) is 13.3 Å². The number of rotatable bonds is 4. The van der Waals surface area contributed by atoms with Crippen LogP contribution in [0.4, 0.5) is 0 Å². The van der Waals surface area contributed by atoms with Crippen molar-refractivity contribution in [1.82, 2.24) is 0 Å². The van der Waals surface area contributed by atoms with Gasteiger partial charge in [0.2, 0.25) is 0 Å². The van der Waals surface area contributed by atoms with E-state index in [2.05, 4.69) is 4.52 Å². The van der Waals surface area contributed by atoms with Crippen molar-refractivity contribution >= 4 is 7.60 Å². The Labute approximate surface area is 55.9 Å². The molecular formula is C5H13O3P. The zero-order valence-electron chi connectivity index (χ0n) is 6.09. The van der Waals surface area contributed by atoms with Crippen molar-refractivity contribution in [3.8, 4) is 0 Å². The molecule has 0 radical (unpaired) electrons. The van der Waals surface area contributed by atoms with Crippen LogP contribution >= 0.6 is 7.60 Å². The van der Waals surface area contributed by atoms with E-state index in [4.69, 9.17) is 4.52 Å². The van der Waals surface area contributed by atoms with Crippen molar-refractivity contribution in [2.24, 2.45) is 0 Å². The van der Waals surface area contributed by atoms with E-state index in [0.717, 1.165) is 0 Å². The van der Waals surface area contributed by atoms with Crippen LogP contribution in [-0.4, -0.2) is 19.9 Å². The highest BCUT2D eigenvalue weighted by Gasteiger charge is 2.17. The van der Waals surface area contributed by atoms with E-state index < -0.39 is 7.60 Å². The van der Waals surface area contributed by atoms with Crippen LogP contribution in [0.1, 0.15) is 13.8 Å². The van der Waals surface area contributed by atoms with Crippen LogP contribution in [0.5, 0.6) is 0 Å². The Morgan fingerprint density at radius 1 is 1.44 bits per heavy atom. The average molecular weight is 152 g/mol. The minimum atomic E-state index is -2.68. The predicted molar refractivity (Wildman–Crippen MR) is 36.8 cm³/mol. The molecule has 0 fully saturated rings. The topological polar surface area (TPSA) is 35.5 Å². The van der Waals surface area contributed by atoms with E-state index >= 15 is 0 Å². The summed E-state index contributed by atoms with van der Waals surface area (Å²) in [5.41, 5.74) is 0. The molecule has 1 atom stereocenters. The third-order valence-electron chi connectivity index (χ3n) is 0.991. The van der Waals surface area contributed by atoms with E-state index in [1.807, 2.05) is 0 Å². The predicted octanol–water partition coefficient (Wildman–Crippen LogP) is 1.88. The third-order valence-corrected chi connectivity index (χ3v) is 2.97. The lowest BCUT2D eigenvalue weighted by Gasteiger charge is -2.11. The van der Waals surface area contributed by atoms with Gasteiger partial charge in [-0.2, -0.15) is 0 Å². The van der Waals surface area contributed by atoms with Crippen LogP contribution in [0.15, 0.2) is 0 Å². The highest BCUT2D eigenvalue weighted by molar-refractivity contribution is 7.53.